The quantitative estimate of drug-likeness (QED) is 0.383. The Morgan fingerprint density at radius 2 is 1.53 bits per heavy atom. The summed E-state index contributed by atoms with van der Waals surface area (Å²) in [4.78, 5) is 28.1. The van der Waals surface area contributed by atoms with Gasteiger partial charge in [0.2, 0.25) is 11.8 Å². The average Bonchev–Trinajstić information content (AvgIpc) is 2.93. The third-order valence-corrected chi connectivity index (χ3v) is 7.23. The third-order valence-electron chi connectivity index (χ3n) is 7.23. The molecule has 1 aliphatic heterocycles. The molecule has 0 aromatic heterocycles. The Kier molecular flexibility index (Phi) is 8.49. The Bertz CT molecular complexity index is 1240. The normalized spacial score (nSPS) is 15.2. The van der Waals surface area contributed by atoms with Crippen LogP contribution in [-0.4, -0.2) is 36.3 Å². The monoisotopic (exact) mass is 526 g/mol. The van der Waals surface area contributed by atoms with Crippen molar-refractivity contribution >= 4 is 11.8 Å². The number of alkyl halides is 3. The number of hydrogen-bond donors (Lipinski definition) is 1. The van der Waals surface area contributed by atoms with E-state index in [1.54, 1.807) is 23.1 Å². The third kappa shape index (κ3) is 6.60. The van der Waals surface area contributed by atoms with Gasteiger partial charge in [0, 0.05) is 26.1 Å². The molecule has 200 valence electrons. The van der Waals surface area contributed by atoms with Crippen LogP contribution in [0.3, 0.4) is 0 Å². The number of halogens is 4. The predicted molar refractivity (Wildman–Crippen MR) is 137 cm³/mol. The highest BCUT2D eigenvalue weighted by Gasteiger charge is 2.43. The molecule has 4 nitrogen and oxygen atoms in total. The molecule has 0 unspecified atom stereocenters. The number of nitrogens with one attached hydrogen (secondary N) is 1. The minimum absolute atomic E-state index is 0.0130. The van der Waals surface area contributed by atoms with Gasteiger partial charge >= 0.3 is 6.18 Å². The van der Waals surface area contributed by atoms with Crippen LogP contribution in [0.25, 0.3) is 0 Å². The molecule has 1 heterocycles. The molecular formula is C30H30F4N2O2. The average molecular weight is 527 g/mol. The number of amides is 2. The molecule has 1 fully saturated rings. The molecule has 4 rings (SSSR count). The first kappa shape index (κ1) is 27.4. The Morgan fingerprint density at radius 3 is 2.18 bits per heavy atom. The second-order valence-electron chi connectivity index (χ2n) is 9.66. The minimum atomic E-state index is -4.42. The van der Waals surface area contributed by atoms with Gasteiger partial charge in [-0.15, -0.1) is 0 Å². The predicted octanol–water partition coefficient (Wildman–Crippen LogP) is 5.70. The number of carbonyl (C=O) groups is 2. The standard InChI is InChI=1S/C30H30F4N2O2/c31-26-12-9-22(10-13-26)11-14-27(37)36-19-16-29(17-20-36,24-6-2-1-3-7-24)28(38)35-18-15-23-5-4-8-25(21-23)30(32,33)34/h1-10,12-13,21H,11,14-20H2,(H,35,38). The molecule has 2 amide bonds. The van der Waals surface area contributed by atoms with E-state index in [0.717, 1.165) is 23.3 Å². The summed E-state index contributed by atoms with van der Waals surface area (Å²) in [6.45, 7) is 1.03. The maximum Gasteiger partial charge on any atom is 0.416 e. The zero-order valence-electron chi connectivity index (χ0n) is 20.9. The van der Waals surface area contributed by atoms with Crippen molar-refractivity contribution in [3.05, 3.63) is 107 Å². The summed E-state index contributed by atoms with van der Waals surface area (Å²) in [7, 11) is 0. The zero-order chi connectivity index (χ0) is 27.2. The number of benzene rings is 3. The molecule has 0 atom stereocenters. The van der Waals surface area contributed by atoms with Crippen LogP contribution in [0, 0.1) is 5.82 Å². The first-order valence-corrected chi connectivity index (χ1v) is 12.7. The fourth-order valence-corrected chi connectivity index (χ4v) is 5.00. The molecule has 1 saturated heterocycles. The highest BCUT2D eigenvalue weighted by atomic mass is 19.4. The molecule has 3 aromatic rings. The van der Waals surface area contributed by atoms with E-state index in [1.807, 2.05) is 30.3 Å². The summed E-state index contributed by atoms with van der Waals surface area (Å²) >= 11 is 0. The number of aryl methyl sites for hydroxylation is 1. The van der Waals surface area contributed by atoms with Gasteiger partial charge in [0.25, 0.3) is 0 Å². The van der Waals surface area contributed by atoms with E-state index in [2.05, 4.69) is 5.32 Å². The Balaban J connectivity index is 1.38. The SMILES string of the molecule is O=C(CCc1ccc(F)cc1)N1CCC(C(=O)NCCc2cccc(C(F)(F)F)c2)(c2ccccc2)CC1. The number of likely N-dealkylation sites (tertiary alicyclic amines) is 1. The van der Waals surface area contributed by atoms with Crippen LogP contribution in [0.5, 0.6) is 0 Å². The van der Waals surface area contributed by atoms with Crippen molar-refractivity contribution < 1.29 is 27.2 Å². The molecule has 0 aliphatic carbocycles. The van der Waals surface area contributed by atoms with Gasteiger partial charge in [-0.1, -0.05) is 60.7 Å². The maximum absolute atomic E-state index is 13.5. The van der Waals surface area contributed by atoms with Gasteiger partial charge in [0.05, 0.1) is 11.0 Å². The Morgan fingerprint density at radius 1 is 0.842 bits per heavy atom. The van der Waals surface area contributed by atoms with E-state index in [9.17, 15) is 27.2 Å². The molecule has 38 heavy (non-hydrogen) atoms. The van der Waals surface area contributed by atoms with Crippen LogP contribution in [0.2, 0.25) is 0 Å². The van der Waals surface area contributed by atoms with Crippen LogP contribution in [0.15, 0.2) is 78.9 Å². The van der Waals surface area contributed by atoms with Crippen molar-refractivity contribution in [2.24, 2.45) is 0 Å². The van der Waals surface area contributed by atoms with Gasteiger partial charge in [-0.2, -0.15) is 13.2 Å². The van der Waals surface area contributed by atoms with Crippen molar-refractivity contribution in [3.8, 4) is 0 Å². The van der Waals surface area contributed by atoms with Gasteiger partial charge in [-0.05, 0) is 60.6 Å². The molecule has 0 spiro atoms. The number of hydrogen-bond acceptors (Lipinski definition) is 2. The van der Waals surface area contributed by atoms with Crippen LogP contribution in [-0.2, 0) is 34.0 Å². The van der Waals surface area contributed by atoms with E-state index in [-0.39, 0.29) is 30.6 Å². The van der Waals surface area contributed by atoms with E-state index in [0.29, 0.717) is 44.3 Å². The Labute approximate surface area is 219 Å². The number of carbonyl (C=O) groups excluding carboxylic acids is 2. The number of nitrogens with zero attached hydrogens (tertiary/aromatic N) is 1. The summed E-state index contributed by atoms with van der Waals surface area (Å²) in [6, 6.07) is 20.6. The van der Waals surface area contributed by atoms with E-state index < -0.39 is 17.2 Å². The van der Waals surface area contributed by atoms with Gasteiger partial charge in [0.1, 0.15) is 5.82 Å². The van der Waals surface area contributed by atoms with Crippen LogP contribution in [0.1, 0.15) is 41.5 Å². The second-order valence-corrected chi connectivity index (χ2v) is 9.66. The smallest absolute Gasteiger partial charge is 0.355 e. The summed E-state index contributed by atoms with van der Waals surface area (Å²) in [5.74, 6) is -0.517. The van der Waals surface area contributed by atoms with Crippen molar-refractivity contribution in [3.63, 3.8) is 0 Å². The van der Waals surface area contributed by atoms with Crippen LogP contribution in [0.4, 0.5) is 17.6 Å². The topological polar surface area (TPSA) is 49.4 Å². The van der Waals surface area contributed by atoms with Gasteiger partial charge < -0.3 is 10.2 Å². The lowest BCUT2D eigenvalue weighted by molar-refractivity contribution is -0.137. The lowest BCUT2D eigenvalue weighted by atomic mass is 9.72. The molecular weight excluding hydrogens is 496 g/mol. The molecule has 1 N–H and O–H groups in total. The number of piperidine rings is 1. The van der Waals surface area contributed by atoms with Crippen molar-refractivity contribution in [2.75, 3.05) is 19.6 Å². The summed E-state index contributed by atoms with van der Waals surface area (Å²) in [5.41, 5.74) is 0.697. The van der Waals surface area contributed by atoms with E-state index >= 15 is 0 Å². The second kappa shape index (κ2) is 11.8. The lowest BCUT2D eigenvalue weighted by Gasteiger charge is -2.41. The van der Waals surface area contributed by atoms with Gasteiger partial charge in [-0.3, -0.25) is 9.59 Å². The molecule has 3 aromatic carbocycles. The van der Waals surface area contributed by atoms with Crippen molar-refractivity contribution in [1.29, 1.82) is 0 Å². The van der Waals surface area contributed by atoms with E-state index in [4.69, 9.17) is 0 Å². The first-order chi connectivity index (χ1) is 18.2. The highest BCUT2D eigenvalue weighted by Crippen LogP contribution is 2.36. The maximum atomic E-state index is 13.5. The fraction of sp³-hybridized carbons (Fsp3) is 0.333. The lowest BCUT2D eigenvalue weighted by Crippen LogP contribution is -2.53. The first-order valence-electron chi connectivity index (χ1n) is 12.7. The number of rotatable bonds is 8. The molecule has 1 aliphatic rings. The summed E-state index contributed by atoms with van der Waals surface area (Å²) < 4.78 is 52.2. The molecule has 0 radical (unpaired) electrons. The van der Waals surface area contributed by atoms with Crippen LogP contribution >= 0.6 is 0 Å². The van der Waals surface area contributed by atoms with E-state index in [1.165, 1.54) is 18.2 Å². The minimum Gasteiger partial charge on any atom is -0.355 e. The summed E-state index contributed by atoms with van der Waals surface area (Å²) in [6.07, 6.45) is -2.46. The van der Waals surface area contributed by atoms with Gasteiger partial charge in [-0.25, -0.2) is 4.39 Å². The van der Waals surface area contributed by atoms with Crippen LogP contribution < -0.4 is 5.32 Å². The molecule has 0 bridgehead atoms. The Hall–Kier alpha value is -3.68. The molecule has 0 saturated carbocycles. The largest absolute Gasteiger partial charge is 0.416 e. The highest BCUT2D eigenvalue weighted by molar-refractivity contribution is 5.89. The van der Waals surface area contributed by atoms with Crippen molar-refractivity contribution in [2.45, 2.75) is 43.7 Å². The summed E-state index contributed by atoms with van der Waals surface area (Å²) in [5, 5.41) is 2.94. The fourth-order valence-electron chi connectivity index (χ4n) is 5.00. The molecule has 8 heteroatoms. The van der Waals surface area contributed by atoms with Crippen molar-refractivity contribution in [1.82, 2.24) is 10.2 Å². The zero-order valence-corrected chi connectivity index (χ0v) is 20.9. The van der Waals surface area contributed by atoms with Gasteiger partial charge in [0.15, 0.2) is 0 Å².